The quantitative estimate of drug-likeness (QED) is 0.140. The lowest BCUT2D eigenvalue weighted by Gasteiger charge is -2.34. The van der Waals surface area contributed by atoms with Crippen LogP contribution in [-0.2, 0) is 5.41 Å². The van der Waals surface area contributed by atoms with Gasteiger partial charge in [0.1, 0.15) is 0 Å². The summed E-state index contributed by atoms with van der Waals surface area (Å²) in [5.41, 5.74) is 21.0. The molecule has 69 heavy (non-hydrogen) atoms. The summed E-state index contributed by atoms with van der Waals surface area (Å²) >= 11 is 0. The Balaban J connectivity index is 0.997. The minimum atomic E-state index is -0.505. The Hall–Kier alpha value is -8.98. The van der Waals surface area contributed by atoms with Crippen LogP contribution in [0.25, 0.3) is 72.0 Å². The molecular weight excluding hydrogens is 833 g/mol. The first-order chi connectivity index (χ1) is 34.2. The molecule has 11 aromatic carbocycles. The van der Waals surface area contributed by atoms with E-state index in [1.807, 2.05) is 0 Å². The maximum absolute atomic E-state index is 2.49. The van der Waals surface area contributed by atoms with E-state index in [4.69, 9.17) is 0 Å². The summed E-state index contributed by atoms with van der Waals surface area (Å²) in [5, 5.41) is 2.45. The van der Waals surface area contributed by atoms with E-state index in [9.17, 15) is 0 Å². The molecule has 0 aliphatic heterocycles. The summed E-state index contributed by atoms with van der Waals surface area (Å²) in [6.07, 6.45) is 0. The summed E-state index contributed by atoms with van der Waals surface area (Å²) in [5.74, 6) is 0. The first-order valence-electron chi connectivity index (χ1n) is 23.8. The molecule has 13 rings (SSSR count). The van der Waals surface area contributed by atoms with Crippen molar-refractivity contribution < 1.29 is 0 Å². The predicted molar refractivity (Wildman–Crippen MR) is 289 cm³/mol. The molecule has 1 heterocycles. The highest BCUT2D eigenvalue weighted by atomic mass is 15.1. The van der Waals surface area contributed by atoms with E-state index in [1.54, 1.807) is 0 Å². The fourth-order valence-corrected chi connectivity index (χ4v) is 11.2. The second kappa shape index (κ2) is 16.7. The Labute approximate surface area is 403 Å². The van der Waals surface area contributed by atoms with Crippen molar-refractivity contribution in [2.24, 2.45) is 0 Å². The van der Waals surface area contributed by atoms with Gasteiger partial charge in [0.2, 0.25) is 0 Å². The largest absolute Gasteiger partial charge is 0.310 e. The van der Waals surface area contributed by atoms with Gasteiger partial charge in [-0.05, 0) is 116 Å². The molecule has 0 fully saturated rings. The molecule has 2 nitrogen and oxygen atoms in total. The molecule has 1 aliphatic rings. The zero-order chi connectivity index (χ0) is 45.7. The number of benzene rings is 11. The fourth-order valence-electron chi connectivity index (χ4n) is 11.2. The number of hydrogen-bond acceptors (Lipinski definition) is 1. The van der Waals surface area contributed by atoms with Crippen LogP contribution in [-0.4, -0.2) is 4.57 Å². The van der Waals surface area contributed by atoms with Crippen molar-refractivity contribution in [2.75, 3.05) is 4.90 Å². The number of aromatic nitrogens is 1. The van der Waals surface area contributed by atoms with E-state index in [0.717, 1.165) is 39.4 Å². The third-order valence-corrected chi connectivity index (χ3v) is 14.3. The summed E-state index contributed by atoms with van der Waals surface area (Å²) < 4.78 is 2.49. The Morgan fingerprint density at radius 1 is 0.290 bits per heavy atom. The maximum Gasteiger partial charge on any atom is 0.0714 e. The minimum Gasteiger partial charge on any atom is -0.310 e. The smallest absolute Gasteiger partial charge is 0.0714 e. The highest BCUT2D eigenvalue weighted by Crippen LogP contribution is 2.57. The highest BCUT2D eigenvalue weighted by molar-refractivity contribution is 6.10. The first-order valence-corrected chi connectivity index (χ1v) is 23.8. The van der Waals surface area contributed by atoms with Crippen molar-refractivity contribution in [1.29, 1.82) is 0 Å². The van der Waals surface area contributed by atoms with E-state index in [0.29, 0.717) is 0 Å². The van der Waals surface area contributed by atoms with E-state index >= 15 is 0 Å². The minimum absolute atomic E-state index is 0.505. The molecule has 324 valence electrons. The Morgan fingerprint density at radius 3 is 1.38 bits per heavy atom. The lowest BCUT2D eigenvalue weighted by molar-refractivity contribution is 0.767. The van der Waals surface area contributed by atoms with Crippen LogP contribution in [0.5, 0.6) is 0 Å². The van der Waals surface area contributed by atoms with Crippen LogP contribution < -0.4 is 4.90 Å². The normalized spacial score (nSPS) is 12.5. The predicted octanol–water partition coefficient (Wildman–Crippen LogP) is 17.6. The van der Waals surface area contributed by atoms with Gasteiger partial charge in [-0.3, -0.25) is 0 Å². The molecule has 1 aliphatic carbocycles. The number of fused-ring (bicyclic) bond motifs is 6. The van der Waals surface area contributed by atoms with Crippen LogP contribution in [0.3, 0.4) is 0 Å². The van der Waals surface area contributed by atoms with Crippen molar-refractivity contribution in [3.05, 3.63) is 301 Å². The molecule has 0 saturated heterocycles. The van der Waals surface area contributed by atoms with Crippen molar-refractivity contribution in [1.82, 2.24) is 4.57 Å². The van der Waals surface area contributed by atoms with Gasteiger partial charge >= 0.3 is 0 Å². The van der Waals surface area contributed by atoms with Gasteiger partial charge in [0.15, 0.2) is 0 Å². The van der Waals surface area contributed by atoms with Crippen molar-refractivity contribution >= 4 is 38.9 Å². The van der Waals surface area contributed by atoms with E-state index in [2.05, 4.69) is 289 Å². The summed E-state index contributed by atoms with van der Waals surface area (Å²) in [4.78, 5) is 2.41. The van der Waals surface area contributed by atoms with Crippen LogP contribution in [0.1, 0.15) is 22.3 Å². The number of nitrogens with zero attached hydrogens (tertiary/aromatic N) is 2. The van der Waals surface area contributed by atoms with Gasteiger partial charge in [-0.15, -0.1) is 0 Å². The molecule has 0 amide bonds. The zero-order valence-electron chi connectivity index (χ0n) is 38.0. The number of rotatable bonds is 9. The van der Waals surface area contributed by atoms with Crippen LogP contribution in [0.15, 0.2) is 279 Å². The molecule has 0 N–H and O–H groups in total. The molecule has 2 heteroatoms. The van der Waals surface area contributed by atoms with Gasteiger partial charge < -0.3 is 9.47 Å². The molecular formula is C67H46N2. The van der Waals surface area contributed by atoms with Crippen molar-refractivity contribution in [2.45, 2.75) is 5.41 Å². The molecule has 12 aromatic rings. The molecule has 0 spiro atoms. The SMILES string of the molecule is c1ccc(-c2ccc(N(c3ccc(-c4ccccc4)cc3)c3ccccc3-c3ccc4c5ccccc5n(-c5ccc6c(c5)C(c5ccccc5)(c5ccccc5)c5ccccc5-6)c4c3)cc2)cc1. The van der Waals surface area contributed by atoms with Gasteiger partial charge in [0.05, 0.1) is 22.1 Å². The Kier molecular flexibility index (Phi) is 9.77. The Bertz CT molecular complexity index is 3680. The van der Waals surface area contributed by atoms with Gasteiger partial charge in [0, 0.05) is 33.4 Å². The van der Waals surface area contributed by atoms with Crippen molar-refractivity contribution in [3.8, 4) is 50.2 Å². The van der Waals surface area contributed by atoms with Gasteiger partial charge in [-0.25, -0.2) is 0 Å². The summed E-state index contributed by atoms with van der Waals surface area (Å²) in [7, 11) is 0. The third-order valence-electron chi connectivity index (χ3n) is 14.3. The second-order valence-electron chi connectivity index (χ2n) is 18.0. The number of anilines is 3. The average Bonchev–Trinajstić information content (AvgIpc) is 3.92. The lowest BCUT2D eigenvalue weighted by atomic mass is 9.67. The molecule has 0 radical (unpaired) electrons. The second-order valence-corrected chi connectivity index (χ2v) is 18.0. The van der Waals surface area contributed by atoms with Crippen LogP contribution in [0.4, 0.5) is 17.1 Å². The van der Waals surface area contributed by atoms with Crippen molar-refractivity contribution in [3.63, 3.8) is 0 Å². The van der Waals surface area contributed by atoms with E-state index in [1.165, 1.54) is 71.9 Å². The van der Waals surface area contributed by atoms with Crippen LogP contribution in [0, 0.1) is 0 Å². The maximum atomic E-state index is 2.49. The first kappa shape index (κ1) is 40.3. The zero-order valence-corrected chi connectivity index (χ0v) is 38.0. The number of hydrogen-bond donors (Lipinski definition) is 0. The monoisotopic (exact) mass is 878 g/mol. The topological polar surface area (TPSA) is 8.17 Å². The molecule has 0 bridgehead atoms. The molecule has 0 unspecified atom stereocenters. The molecule has 0 atom stereocenters. The molecule has 0 saturated carbocycles. The molecule has 1 aromatic heterocycles. The van der Waals surface area contributed by atoms with Crippen LogP contribution >= 0.6 is 0 Å². The van der Waals surface area contributed by atoms with Gasteiger partial charge in [0.25, 0.3) is 0 Å². The van der Waals surface area contributed by atoms with E-state index < -0.39 is 5.41 Å². The fraction of sp³-hybridized carbons (Fsp3) is 0.0149. The number of para-hydroxylation sites is 2. The summed E-state index contributed by atoms with van der Waals surface area (Å²) in [6, 6.07) is 102. The van der Waals surface area contributed by atoms with Gasteiger partial charge in [-0.1, -0.05) is 224 Å². The highest BCUT2D eigenvalue weighted by Gasteiger charge is 2.46. The lowest BCUT2D eigenvalue weighted by Crippen LogP contribution is -2.28. The Morgan fingerprint density at radius 2 is 0.754 bits per heavy atom. The third kappa shape index (κ3) is 6.64. The van der Waals surface area contributed by atoms with Crippen LogP contribution in [0.2, 0.25) is 0 Å². The van der Waals surface area contributed by atoms with Gasteiger partial charge in [-0.2, -0.15) is 0 Å². The van der Waals surface area contributed by atoms with E-state index in [-0.39, 0.29) is 0 Å². The standard InChI is InChI=1S/C67H46N2/c1-5-19-47(20-6-1)49-33-38-54(39-34-49)68(55-40-35-50(36-41-55)48-21-7-2-8-22-48)64-31-17-14-27-57(64)51-37-43-61-60-29-15-18-32-65(60)69(66(61)45-51)56-42-44-59-58-28-13-16-30-62(58)67(63(59)46-56,52-23-9-3-10-24-52)53-25-11-4-12-26-53/h1-46H. The summed E-state index contributed by atoms with van der Waals surface area (Å²) in [6.45, 7) is 0. The average molecular weight is 879 g/mol.